The zero-order chi connectivity index (χ0) is 27.8. The molecule has 0 unspecified atom stereocenters. The van der Waals surface area contributed by atoms with Gasteiger partial charge in [-0.3, -0.25) is 15.3 Å². The maximum Gasteiger partial charge on any atom is 0.321 e. The van der Waals surface area contributed by atoms with Gasteiger partial charge < -0.3 is 15.2 Å². The Morgan fingerprint density at radius 1 is 1.18 bits per heavy atom. The number of hydrogen-bond donors (Lipinski definition) is 3. The number of nitrogens with one attached hydrogen (secondary N) is 2. The number of rotatable bonds is 8. The molecule has 0 saturated heterocycles. The normalized spacial score (nSPS) is 19.1. The summed E-state index contributed by atoms with van der Waals surface area (Å²) in [6.45, 7) is 8.01. The molecule has 0 aliphatic heterocycles. The SMILES string of the molecule is CCNC(=O)Nc1nc2cc(-c3ccc(C(C)(C)O)nc3)cc(-c3cc(CC4CC(C)(OC)C4)ccn3)c2s1. The van der Waals surface area contributed by atoms with Gasteiger partial charge in [-0.25, -0.2) is 9.78 Å². The second kappa shape index (κ2) is 10.6. The molecule has 8 nitrogen and oxygen atoms in total. The van der Waals surface area contributed by atoms with Gasteiger partial charge in [0.15, 0.2) is 5.13 Å². The summed E-state index contributed by atoms with van der Waals surface area (Å²) >= 11 is 1.43. The number of hydrogen-bond acceptors (Lipinski definition) is 7. The Morgan fingerprint density at radius 3 is 2.64 bits per heavy atom. The van der Waals surface area contributed by atoms with Crippen molar-refractivity contribution in [3.8, 4) is 22.4 Å². The molecule has 0 radical (unpaired) electrons. The number of fused-ring (bicyclic) bond motifs is 1. The van der Waals surface area contributed by atoms with Crippen molar-refractivity contribution in [2.24, 2.45) is 5.92 Å². The van der Waals surface area contributed by atoms with Crippen LogP contribution in [-0.2, 0) is 16.8 Å². The lowest BCUT2D eigenvalue weighted by molar-refractivity contribution is -0.0898. The van der Waals surface area contributed by atoms with Crippen LogP contribution >= 0.6 is 11.3 Å². The summed E-state index contributed by atoms with van der Waals surface area (Å²) < 4.78 is 6.59. The van der Waals surface area contributed by atoms with Crippen molar-refractivity contribution in [1.29, 1.82) is 0 Å². The highest BCUT2D eigenvalue weighted by Crippen LogP contribution is 2.43. The molecule has 4 aromatic rings. The molecule has 1 aromatic carbocycles. The lowest BCUT2D eigenvalue weighted by atomic mass is 9.69. The van der Waals surface area contributed by atoms with Crippen molar-refractivity contribution in [1.82, 2.24) is 20.3 Å². The Hall–Kier alpha value is -3.40. The summed E-state index contributed by atoms with van der Waals surface area (Å²) in [5.74, 6) is 0.591. The van der Waals surface area contributed by atoms with E-state index in [9.17, 15) is 9.90 Å². The molecule has 0 spiro atoms. The average Bonchev–Trinajstić information content (AvgIpc) is 3.29. The summed E-state index contributed by atoms with van der Waals surface area (Å²) in [7, 11) is 1.79. The minimum atomic E-state index is -1.02. The van der Waals surface area contributed by atoms with Crippen LogP contribution in [0.3, 0.4) is 0 Å². The number of aliphatic hydroxyl groups is 1. The third-order valence-corrected chi connectivity index (χ3v) is 8.35. The molecule has 3 N–H and O–H groups in total. The van der Waals surface area contributed by atoms with E-state index in [1.54, 1.807) is 27.2 Å². The number of aromatic nitrogens is 3. The van der Waals surface area contributed by atoms with Crippen molar-refractivity contribution in [2.45, 2.75) is 58.2 Å². The maximum absolute atomic E-state index is 12.2. The molecule has 2 amide bonds. The monoisotopic (exact) mass is 545 g/mol. The van der Waals surface area contributed by atoms with Crippen LogP contribution in [0.5, 0.6) is 0 Å². The van der Waals surface area contributed by atoms with Gasteiger partial charge in [0, 0.05) is 37.2 Å². The molecule has 1 fully saturated rings. The standard InChI is InChI=1S/C30H35N5O3S/c1-6-31-27(36)35-28-34-24-14-21(20-7-8-25(33-17-20)29(2,3)37)13-22(26(24)39-28)23-12-18(9-10-32-23)11-19-15-30(4,16-19)38-5/h7-10,12-14,17,19,37H,6,11,15-16H2,1-5H3,(H2,31,34,35,36). The first-order valence-corrected chi connectivity index (χ1v) is 14.1. The summed E-state index contributed by atoms with van der Waals surface area (Å²) in [5.41, 5.74) is 5.24. The predicted octanol–water partition coefficient (Wildman–Crippen LogP) is 6.15. The number of carbonyl (C=O) groups is 1. The summed E-state index contributed by atoms with van der Waals surface area (Å²) in [6.07, 6.45) is 6.72. The molecule has 5 rings (SSSR count). The second-order valence-electron chi connectivity index (χ2n) is 11.0. The number of methoxy groups -OCH3 is 1. The molecule has 1 saturated carbocycles. The van der Waals surface area contributed by atoms with Gasteiger partial charge in [-0.1, -0.05) is 17.4 Å². The number of thiazole rings is 1. The van der Waals surface area contributed by atoms with E-state index in [1.165, 1.54) is 16.9 Å². The van der Waals surface area contributed by atoms with Crippen LogP contribution in [0.1, 0.15) is 51.8 Å². The summed E-state index contributed by atoms with van der Waals surface area (Å²) in [5, 5.41) is 16.4. The number of amides is 2. The van der Waals surface area contributed by atoms with Gasteiger partial charge in [0.05, 0.1) is 27.2 Å². The predicted molar refractivity (Wildman–Crippen MR) is 156 cm³/mol. The van der Waals surface area contributed by atoms with E-state index in [-0.39, 0.29) is 11.6 Å². The van der Waals surface area contributed by atoms with E-state index in [1.807, 2.05) is 31.3 Å². The average molecular weight is 546 g/mol. The molecule has 39 heavy (non-hydrogen) atoms. The lowest BCUT2D eigenvalue weighted by Gasteiger charge is -2.44. The highest BCUT2D eigenvalue weighted by Gasteiger charge is 2.40. The Labute approximate surface area is 232 Å². The van der Waals surface area contributed by atoms with Crippen LogP contribution in [0.4, 0.5) is 9.93 Å². The van der Waals surface area contributed by atoms with Gasteiger partial charge in [0.25, 0.3) is 0 Å². The highest BCUT2D eigenvalue weighted by atomic mass is 32.1. The molecule has 0 bridgehead atoms. The number of urea groups is 1. The van der Waals surface area contributed by atoms with E-state index in [0.717, 1.165) is 51.9 Å². The van der Waals surface area contributed by atoms with Crippen LogP contribution in [-0.4, -0.2) is 45.3 Å². The van der Waals surface area contributed by atoms with Crippen molar-refractivity contribution in [3.63, 3.8) is 0 Å². The fourth-order valence-corrected chi connectivity index (χ4v) is 6.19. The first-order valence-electron chi connectivity index (χ1n) is 13.3. The van der Waals surface area contributed by atoms with Crippen LogP contribution < -0.4 is 10.6 Å². The Kier molecular flexibility index (Phi) is 7.41. The Morgan fingerprint density at radius 2 is 1.97 bits per heavy atom. The number of pyridine rings is 2. The minimum absolute atomic E-state index is 0.00798. The Balaban J connectivity index is 1.54. The van der Waals surface area contributed by atoms with Crippen molar-refractivity contribution in [3.05, 3.63) is 60.0 Å². The quantitative estimate of drug-likeness (QED) is 0.245. The molecule has 3 aromatic heterocycles. The first-order chi connectivity index (χ1) is 18.6. The van der Waals surface area contributed by atoms with Crippen molar-refractivity contribution >= 4 is 32.7 Å². The number of anilines is 1. The smallest absolute Gasteiger partial charge is 0.321 e. The molecular formula is C30H35N5O3S. The van der Waals surface area contributed by atoms with Gasteiger partial charge in [0.1, 0.15) is 5.60 Å². The van der Waals surface area contributed by atoms with E-state index in [4.69, 9.17) is 14.7 Å². The van der Waals surface area contributed by atoms with Crippen molar-refractivity contribution in [2.75, 3.05) is 19.0 Å². The van der Waals surface area contributed by atoms with Crippen LogP contribution in [0.2, 0.25) is 0 Å². The first kappa shape index (κ1) is 27.2. The third kappa shape index (κ3) is 5.95. The third-order valence-electron chi connectivity index (χ3n) is 7.33. The van der Waals surface area contributed by atoms with Crippen molar-refractivity contribution < 1.29 is 14.6 Å². The van der Waals surface area contributed by atoms with E-state index < -0.39 is 5.60 Å². The van der Waals surface area contributed by atoms with E-state index in [0.29, 0.717) is 23.3 Å². The molecule has 3 heterocycles. The van der Waals surface area contributed by atoms with Gasteiger partial charge in [0.2, 0.25) is 0 Å². The van der Waals surface area contributed by atoms with Crippen LogP contribution in [0.15, 0.2) is 48.8 Å². The van der Waals surface area contributed by atoms with E-state index >= 15 is 0 Å². The van der Waals surface area contributed by atoms with Gasteiger partial charge in [-0.15, -0.1) is 0 Å². The zero-order valence-corrected chi connectivity index (χ0v) is 23.9. The fourth-order valence-electron chi connectivity index (χ4n) is 5.23. The maximum atomic E-state index is 12.2. The molecule has 1 aliphatic rings. The molecule has 1 aliphatic carbocycles. The number of carbonyl (C=O) groups excluding carboxylic acids is 1. The second-order valence-corrected chi connectivity index (χ2v) is 12.0. The van der Waals surface area contributed by atoms with E-state index in [2.05, 4.69) is 40.7 Å². The topological polar surface area (TPSA) is 109 Å². The summed E-state index contributed by atoms with van der Waals surface area (Å²) in [4.78, 5) is 26.2. The van der Waals surface area contributed by atoms with Gasteiger partial charge >= 0.3 is 6.03 Å². The van der Waals surface area contributed by atoms with Crippen LogP contribution in [0, 0.1) is 5.92 Å². The largest absolute Gasteiger partial charge is 0.384 e. The highest BCUT2D eigenvalue weighted by molar-refractivity contribution is 7.22. The molecule has 0 atom stereocenters. The van der Waals surface area contributed by atoms with Gasteiger partial charge in [-0.2, -0.15) is 0 Å². The number of ether oxygens (including phenoxy) is 1. The fraction of sp³-hybridized carbons (Fsp3) is 0.400. The van der Waals surface area contributed by atoms with Gasteiger partial charge in [-0.05, 0) is 94.3 Å². The molecule has 204 valence electrons. The summed E-state index contributed by atoms with van der Waals surface area (Å²) in [6, 6.07) is 11.9. The lowest BCUT2D eigenvalue weighted by Crippen LogP contribution is -2.43. The number of benzene rings is 1. The minimum Gasteiger partial charge on any atom is -0.384 e. The molecular weight excluding hydrogens is 510 g/mol. The van der Waals surface area contributed by atoms with Crippen LogP contribution in [0.25, 0.3) is 32.6 Å². The Bertz CT molecular complexity index is 1490. The zero-order valence-electron chi connectivity index (χ0n) is 23.0. The molecule has 9 heteroatoms. The number of nitrogens with zero attached hydrogens (tertiary/aromatic N) is 3.